The number of hydrogen-bond donors (Lipinski definition) is 2. The van der Waals surface area contributed by atoms with Crippen LogP contribution in [-0.2, 0) is 14.3 Å². The van der Waals surface area contributed by atoms with Gasteiger partial charge in [-0.05, 0) is 6.42 Å². The third-order valence-corrected chi connectivity index (χ3v) is 3.22. The third kappa shape index (κ3) is 2.58. The van der Waals surface area contributed by atoms with Crippen LogP contribution < -0.4 is 10.6 Å². The Morgan fingerprint density at radius 3 is 3.00 bits per heavy atom. The maximum absolute atomic E-state index is 12.3. The van der Waals surface area contributed by atoms with Gasteiger partial charge in [-0.3, -0.25) is 9.59 Å². The van der Waals surface area contributed by atoms with E-state index in [1.54, 1.807) is 4.90 Å². The lowest BCUT2D eigenvalue weighted by molar-refractivity contribution is -0.146. The van der Waals surface area contributed by atoms with Crippen molar-refractivity contribution in [3.8, 4) is 0 Å². The van der Waals surface area contributed by atoms with Crippen LogP contribution in [0.4, 0.5) is 0 Å². The summed E-state index contributed by atoms with van der Waals surface area (Å²) in [4.78, 5) is 25.6. The van der Waals surface area contributed by atoms with Crippen molar-refractivity contribution in [3.63, 3.8) is 0 Å². The van der Waals surface area contributed by atoms with Gasteiger partial charge in [0, 0.05) is 19.6 Å². The predicted molar refractivity (Wildman–Crippen MR) is 61.4 cm³/mol. The van der Waals surface area contributed by atoms with Crippen molar-refractivity contribution in [3.05, 3.63) is 0 Å². The summed E-state index contributed by atoms with van der Waals surface area (Å²) >= 11 is 0. The monoisotopic (exact) mass is 241 g/mol. The molecule has 96 valence electrons. The molecule has 6 heteroatoms. The highest BCUT2D eigenvalue weighted by molar-refractivity contribution is 5.91. The Kier molecular flexibility index (Phi) is 3.96. The molecule has 2 aliphatic rings. The van der Waals surface area contributed by atoms with E-state index in [-0.39, 0.29) is 23.9 Å². The molecule has 0 bridgehead atoms. The second-order valence-corrected chi connectivity index (χ2v) is 4.33. The zero-order chi connectivity index (χ0) is 12.3. The van der Waals surface area contributed by atoms with Gasteiger partial charge >= 0.3 is 0 Å². The fourth-order valence-electron chi connectivity index (χ4n) is 2.31. The third-order valence-electron chi connectivity index (χ3n) is 3.22. The average Bonchev–Trinajstić information content (AvgIpc) is 2.38. The molecule has 17 heavy (non-hydrogen) atoms. The summed E-state index contributed by atoms with van der Waals surface area (Å²) in [6, 6.07) is -0.635. The van der Waals surface area contributed by atoms with E-state index in [0.29, 0.717) is 39.3 Å². The fourth-order valence-corrected chi connectivity index (χ4v) is 2.31. The largest absolute Gasteiger partial charge is 0.378 e. The maximum atomic E-state index is 12.3. The molecule has 2 heterocycles. The molecule has 2 unspecified atom stereocenters. The molecule has 2 saturated heterocycles. The Morgan fingerprint density at radius 1 is 1.53 bits per heavy atom. The van der Waals surface area contributed by atoms with Crippen molar-refractivity contribution in [2.75, 3.05) is 32.8 Å². The van der Waals surface area contributed by atoms with Gasteiger partial charge in [0.05, 0.1) is 13.2 Å². The predicted octanol–water partition coefficient (Wildman–Crippen LogP) is -1.29. The minimum Gasteiger partial charge on any atom is -0.378 e. The van der Waals surface area contributed by atoms with Crippen LogP contribution in [0.1, 0.15) is 13.3 Å². The number of piperazine rings is 1. The highest BCUT2D eigenvalue weighted by atomic mass is 16.5. The van der Waals surface area contributed by atoms with Crippen LogP contribution in [-0.4, -0.2) is 61.6 Å². The molecular weight excluding hydrogens is 222 g/mol. The Hall–Kier alpha value is -1.14. The van der Waals surface area contributed by atoms with Gasteiger partial charge in [0.15, 0.2) is 0 Å². The number of hydrogen-bond acceptors (Lipinski definition) is 4. The Balaban J connectivity index is 2.03. The molecule has 2 fully saturated rings. The molecule has 0 aliphatic carbocycles. The first-order valence-corrected chi connectivity index (χ1v) is 6.13. The van der Waals surface area contributed by atoms with Crippen LogP contribution >= 0.6 is 0 Å². The zero-order valence-corrected chi connectivity index (χ0v) is 10.1. The standard InChI is InChI=1S/C11H19N3O3/c1-2-9-10(15)13-3-5-14(9)11(16)8-7-17-6-4-12-8/h8-9,12H,2-7H2,1H3,(H,13,15). The first-order valence-electron chi connectivity index (χ1n) is 6.13. The molecular formula is C11H19N3O3. The number of carbonyl (C=O) groups is 2. The van der Waals surface area contributed by atoms with Gasteiger partial charge in [0.1, 0.15) is 12.1 Å². The first kappa shape index (κ1) is 12.3. The van der Waals surface area contributed by atoms with Gasteiger partial charge in [-0.25, -0.2) is 0 Å². The van der Waals surface area contributed by atoms with E-state index in [9.17, 15) is 9.59 Å². The molecule has 0 radical (unpaired) electrons. The number of amides is 2. The number of rotatable bonds is 2. The number of morpholine rings is 1. The van der Waals surface area contributed by atoms with Crippen LogP contribution in [0.3, 0.4) is 0 Å². The Morgan fingerprint density at radius 2 is 2.35 bits per heavy atom. The minimum atomic E-state index is -0.333. The first-order chi connectivity index (χ1) is 8.24. The smallest absolute Gasteiger partial charge is 0.242 e. The molecule has 0 aromatic rings. The molecule has 0 spiro atoms. The van der Waals surface area contributed by atoms with Crippen molar-refractivity contribution in [1.82, 2.24) is 15.5 Å². The molecule has 0 saturated carbocycles. The van der Waals surface area contributed by atoms with E-state index in [1.807, 2.05) is 6.92 Å². The van der Waals surface area contributed by atoms with E-state index in [2.05, 4.69) is 10.6 Å². The quantitative estimate of drug-likeness (QED) is 0.631. The number of nitrogens with one attached hydrogen (secondary N) is 2. The van der Waals surface area contributed by atoms with Gasteiger partial charge in [0.25, 0.3) is 0 Å². The molecule has 6 nitrogen and oxygen atoms in total. The van der Waals surface area contributed by atoms with Gasteiger partial charge in [-0.2, -0.15) is 0 Å². The van der Waals surface area contributed by atoms with Crippen LogP contribution in [0, 0.1) is 0 Å². The molecule has 2 atom stereocenters. The summed E-state index contributed by atoms with van der Waals surface area (Å²) < 4.78 is 5.28. The zero-order valence-electron chi connectivity index (χ0n) is 10.1. The summed E-state index contributed by atoms with van der Waals surface area (Å²) in [6.07, 6.45) is 0.644. The molecule has 0 aromatic heterocycles. The van der Waals surface area contributed by atoms with Crippen molar-refractivity contribution in [1.29, 1.82) is 0 Å². The molecule has 2 N–H and O–H groups in total. The van der Waals surface area contributed by atoms with E-state index in [1.165, 1.54) is 0 Å². The van der Waals surface area contributed by atoms with Gasteiger partial charge in [0.2, 0.25) is 11.8 Å². The summed E-state index contributed by atoms with van der Waals surface area (Å²) in [5.74, 6) is -0.0739. The molecule has 2 rings (SSSR count). The number of ether oxygens (including phenoxy) is 1. The average molecular weight is 241 g/mol. The topological polar surface area (TPSA) is 70.7 Å². The second kappa shape index (κ2) is 5.46. The molecule has 2 aliphatic heterocycles. The minimum absolute atomic E-state index is 0.0219. The lowest BCUT2D eigenvalue weighted by atomic mass is 10.1. The van der Waals surface area contributed by atoms with Gasteiger partial charge < -0.3 is 20.3 Å². The van der Waals surface area contributed by atoms with E-state index < -0.39 is 0 Å². The molecule has 2 amide bonds. The van der Waals surface area contributed by atoms with Crippen molar-refractivity contribution in [2.45, 2.75) is 25.4 Å². The van der Waals surface area contributed by atoms with E-state index in [4.69, 9.17) is 4.74 Å². The van der Waals surface area contributed by atoms with Crippen LogP contribution in [0.2, 0.25) is 0 Å². The summed E-state index contributed by atoms with van der Waals surface area (Å²) in [5.41, 5.74) is 0. The summed E-state index contributed by atoms with van der Waals surface area (Å²) in [6.45, 7) is 4.76. The summed E-state index contributed by atoms with van der Waals surface area (Å²) in [5, 5.41) is 5.91. The fraction of sp³-hybridized carbons (Fsp3) is 0.818. The Labute approximate surface area is 101 Å². The van der Waals surface area contributed by atoms with Gasteiger partial charge in [-0.1, -0.05) is 6.92 Å². The van der Waals surface area contributed by atoms with Crippen molar-refractivity contribution < 1.29 is 14.3 Å². The maximum Gasteiger partial charge on any atom is 0.242 e. The SMILES string of the molecule is CCC1C(=O)NCCN1C(=O)C1COCCN1. The van der Waals surface area contributed by atoms with E-state index in [0.717, 1.165) is 0 Å². The van der Waals surface area contributed by atoms with Crippen LogP contribution in [0.5, 0.6) is 0 Å². The van der Waals surface area contributed by atoms with Crippen LogP contribution in [0.25, 0.3) is 0 Å². The highest BCUT2D eigenvalue weighted by Crippen LogP contribution is 2.11. The molecule has 0 aromatic carbocycles. The van der Waals surface area contributed by atoms with Crippen molar-refractivity contribution in [2.24, 2.45) is 0 Å². The Bertz CT molecular complexity index is 302. The highest BCUT2D eigenvalue weighted by Gasteiger charge is 2.35. The second-order valence-electron chi connectivity index (χ2n) is 4.33. The lowest BCUT2D eigenvalue weighted by Crippen LogP contribution is -2.62. The van der Waals surface area contributed by atoms with Crippen molar-refractivity contribution >= 4 is 11.8 Å². The normalized spacial score (nSPS) is 29.9. The summed E-state index contributed by atoms with van der Waals surface area (Å²) in [7, 11) is 0. The lowest BCUT2D eigenvalue weighted by Gasteiger charge is -2.37. The number of nitrogens with zero attached hydrogens (tertiary/aromatic N) is 1. The van der Waals surface area contributed by atoms with E-state index >= 15 is 0 Å². The number of carbonyl (C=O) groups excluding carboxylic acids is 2. The van der Waals surface area contributed by atoms with Crippen LogP contribution in [0.15, 0.2) is 0 Å². The van der Waals surface area contributed by atoms with Gasteiger partial charge in [-0.15, -0.1) is 0 Å².